The molecule has 0 fully saturated rings. The molecule has 0 aliphatic rings. The molecule has 0 unspecified atom stereocenters. The summed E-state index contributed by atoms with van der Waals surface area (Å²) < 4.78 is 4.79. The van der Waals surface area contributed by atoms with Gasteiger partial charge in [0, 0.05) is 18.6 Å². The molecule has 0 heterocycles. The summed E-state index contributed by atoms with van der Waals surface area (Å²) in [7, 11) is 0. The fourth-order valence-corrected chi connectivity index (χ4v) is 0.933. The number of rotatable bonds is 4. The largest absolute Gasteiger partial charge is 0.507 e. The van der Waals surface area contributed by atoms with Crippen molar-refractivity contribution in [1.82, 2.24) is 0 Å². The lowest BCUT2D eigenvalue weighted by Crippen LogP contribution is -2.04. The van der Waals surface area contributed by atoms with E-state index in [0.717, 1.165) is 11.6 Å². The number of benzene rings is 1. The van der Waals surface area contributed by atoms with Crippen LogP contribution in [0.15, 0.2) is 30.9 Å². The van der Waals surface area contributed by atoms with Crippen molar-refractivity contribution in [2.45, 2.75) is 6.42 Å². The smallest absolute Gasteiger partial charge is 0.330 e. The summed E-state index contributed by atoms with van der Waals surface area (Å²) in [5.74, 6) is -0.315. The summed E-state index contributed by atoms with van der Waals surface area (Å²) in [6, 6.07) is 7.61. The maximum atomic E-state index is 10.7. The highest BCUT2D eigenvalue weighted by molar-refractivity contribution is 5.81. The second kappa shape index (κ2) is 5.07. The number of carbonyl (C=O) groups is 1. The van der Waals surface area contributed by atoms with Crippen LogP contribution in [0, 0.1) is 6.07 Å². The van der Waals surface area contributed by atoms with Gasteiger partial charge in [0.15, 0.2) is 0 Å². The number of ether oxygens (including phenoxy) is 1. The summed E-state index contributed by atoms with van der Waals surface area (Å²) in [5.41, 5.74) is 0.958. The van der Waals surface area contributed by atoms with Crippen molar-refractivity contribution < 1.29 is 14.6 Å². The van der Waals surface area contributed by atoms with Crippen molar-refractivity contribution in [2.24, 2.45) is 0 Å². The summed E-state index contributed by atoms with van der Waals surface area (Å²) in [5, 5.41) is 8.95. The van der Waals surface area contributed by atoms with Crippen LogP contribution in [-0.2, 0) is 16.0 Å². The Kier molecular flexibility index (Phi) is 3.73. The fourth-order valence-electron chi connectivity index (χ4n) is 0.933. The quantitative estimate of drug-likeness (QED) is 0.579. The lowest BCUT2D eigenvalue weighted by molar-refractivity contribution is -0.137. The van der Waals surface area contributed by atoms with E-state index in [9.17, 15) is 4.79 Å². The first kappa shape index (κ1) is 10.3. The average Bonchev–Trinajstić information content (AvgIpc) is 2.21. The lowest BCUT2D eigenvalue weighted by Gasteiger charge is -2.01. The van der Waals surface area contributed by atoms with Gasteiger partial charge >= 0.3 is 5.97 Å². The highest BCUT2D eigenvalue weighted by Gasteiger charge is 1.97. The Labute approximate surface area is 82.6 Å². The zero-order valence-corrected chi connectivity index (χ0v) is 7.69. The van der Waals surface area contributed by atoms with Gasteiger partial charge in [-0.3, -0.25) is 0 Å². The molecule has 0 bridgehead atoms. The first-order valence-corrected chi connectivity index (χ1v) is 4.21. The van der Waals surface area contributed by atoms with Crippen molar-refractivity contribution in [1.29, 1.82) is 0 Å². The van der Waals surface area contributed by atoms with Crippen LogP contribution in [0.5, 0.6) is 5.75 Å². The van der Waals surface area contributed by atoms with E-state index in [2.05, 4.69) is 12.6 Å². The monoisotopic (exact) mass is 191 g/mol. The van der Waals surface area contributed by atoms with Gasteiger partial charge in [-0.15, -0.1) is 0 Å². The molecule has 1 N–H and O–H groups in total. The molecule has 14 heavy (non-hydrogen) atoms. The maximum absolute atomic E-state index is 10.7. The van der Waals surface area contributed by atoms with E-state index in [0.29, 0.717) is 13.0 Å². The molecule has 3 nitrogen and oxygen atoms in total. The van der Waals surface area contributed by atoms with Crippen LogP contribution in [0.3, 0.4) is 0 Å². The Morgan fingerprint density at radius 2 is 2.43 bits per heavy atom. The Morgan fingerprint density at radius 1 is 1.64 bits per heavy atom. The number of esters is 1. The van der Waals surface area contributed by atoms with Gasteiger partial charge in [0.05, 0.1) is 6.61 Å². The number of aromatic hydroxyl groups is 1. The van der Waals surface area contributed by atoms with Gasteiger partial charge in [0.2, 0.25) is 0 Å². The van der Waals surface area contributed by atoms with Crippen molar-refractivity contribution >= 4 is 5.97 Å². The summed E-state index contributed by atoms with van der Waals surface area (Å²) in [4.78, 5) is 10.7. The minimum absolute atomic E-state index is 0.108. The Hall–Kier alpha value is -1.77. The van der Waals surface area contributed by atoms with Crippen LogP contribution >= 0.6 is 0 Å². The van der Waals surface area contributed by atoms with Gasteiger partial charge in [-0.25, -0.2) is 4.79 Å². The Balaban J connectivity index is 2.35. The third kappa shape index (κ3) is 3.31. The van der Waals surface area contributed by atoms with Crippen LogP contribution in [0.4, 0.5) is 0 Å². The predicted molar refractivity (Wildman–Crippen MR) is 51.8 cm³/mol. The maximum Gasteiger partial charge on any atom is 0.330 e. The van der Waals surface area contributed by atoms with E-state index in [1.807, 2.05) is 0 Å². The Morgan fingerprint density at radius 3 is 3.00 bits per heavy atom. The van der Waals surface area contributed by atoms with Gasteiger partial charge < -0.3 is 9.84 Å². The van der Waals surface area contributed by atoms with Crippen molar-refractivity contribution in [3.63, 3.8) is 0 Å². The third-order valence-corrected chi connectivity index (χ3v) is 1.66. The molecule has 73 valence electrons. The minimum Gasteiger partial charge on any atom is -0.507 e. The van der Waals surface area contributed by atoms with E-state index < -0.39 is 5.97 Å². The molecule has 0 saturated heterocycles. The van der Waals surface area contributed by atoms with Crippen molar-refractivity contribution in [3.8, 4) is 5.75 Å². The molecule has 1 aromatic carbocycles. The highest BCUT2D eigenvalue weighted by atomic mass is 16.5. The summed E-state index contributed by atoms with van der Waals surface area (Å²) >= 11 is 0. The molecule has 0 aromatic heterocycles. The number of phenols is 1. The standard InChI is InChI=1S/C11H11O3/c1-2-11(13)14-8-7-9-3-5-10(12)6-4-9/h2-5,12H,1,7-8H2. The SMILES string of the molecule is C=CC(=O)OCCc1c[c]c(O)cc1. The first-order chi connectivity index (χ1) is 6.72. The number of hydrogen-bond donors (Lipinski definition) is 1. The Bertz CT molecular complexity index is 314. The normalized spacial score (nSPS) is 9.43. The van der Waals surface area contributed by atoms with E-state index in [4.69, 9.17) is 9.84 Å². The van der Waals surface area contributed by atoms with Gasteiger partial charge in [-0.05, 0) is 17.7 Å². The van der Waals surface area contributed by atoms with Gasteiger partial charge in [-0.2, -0.15) is 0 Å². The number of carbonyl (C=O) groups excluding carboxylic acids is 1. The molecule has 0 spiro atoms. The second-order valence-corrected chi connectivity index (χ2v) is 2.70. The topological polar surface area (TPSA) is 46.5 Å². The summed E-state index contributed by atoms with van der Waals surface area (Å²) in [6.07, 6.45) is 1.74. The molecular formula is C11H11O3. The minimum atomic E-state index is -0.423. The molecular weight excluding hydrogens is 180 g/mol. The molecule has 0 atom stereocenters. The van der Waals surface area contributed by atoms with Gasteiger partial charge in [0.1, 0.15) is 5.75 Å². The molecule has 0 amide bonds. The predicted octanol–water partition coefficient (Wildman–Crippen LogP) is 1.46. The van der Waals surface area contributed by atoms with E-state index >= 15 is 0 Å². The zero-order chi connectivity index (χ0) is 10.4. The van der Waals surface area contributed by atoms with Gasteiger partial charge in [0.25, 0.3) is 0 Å². The molecule has 1 radical (unpaired) electrons. The average molecular weight is 191 g/mol. The van der Waals surface area contributed by atoms with Gasteiger partial charge in [-0.1, -0.05) is 12.6 Å². The molecule has 1 aromatic rings. The second-order valence-electron chi connectivity index (χ2n) is 2.70. The van der Waals surface area contributed by atoms with Crippen LogP contribution in [0.2, 0.25) is 0 Å². The van der Waals surface area contributed by atoms with E-state index in [1.54, 1.807) is 18.2 Å². The van der Waals surface area contributed by atoms with Crippen molar-refractivity contribution in [2.75, 3.05) is 6.61 Å². The molecule has 0 aliphatic carbocycles. The van der Waals surface area contributed by atoms with Crippen LogP contribution in [0.25, 0.3) is 0 Å². The van der Waals surface area contributed by atoms with Crippen LogP contribution < -0.4 is 0 Å². The fraction of sp³-hybridized carbons (Fsp3) is 0.182. The van der Waals surface area contributed by atoms with Crippen LogP contribution in [0.1, 0.15) is 5.56 Å². The number of phenolic OH excluding ortho intramolecular Hbond substituents is 1. The molecule has 1 rings (SSSR count). The summed E-state index contributed by atoms with van der Waals surface area (Å²) in [6.45, 7) is 3.59. The lowest BCUT2D eigenvalue weighted by atomic mass is 10.1. The van der Waals surface area contributed by atoms with Crippen molar-refractivity contribution in [3.05, 3.63) is 42.5 Å². The first-order valence-electron chi connectivity index (χ1n) is 4.21. The number of hydrogen-bond acceptors (Lipinski definition) is 3. The highest BCUT2D eigenvalue weighted by Crippen LogP contribution is 2.08. The zero-order valence-electron chi connectivity index (χ0n) is 7.69. The molecule has 0 saturated carbocycles. The third-order valence-electron chi connectivity index (χ3n) is 1.66. The molecule has 0 aliphatic heterocycles. The van der Waals surface area contributed by atoms with Crippen LogP contribution in [-0.4, -0.2) is 17.7 Å². The van der Waals surface area contributed by atoms with E-state index in [1.165, 1.54) is 0 Å². The van der Waals surface area contributed by atoms with E-state index in [-0.39, 0.29) is 5.75 Å². The molecule has 3 heteroatoms.